The zero-order valence-corrected chi connectivity index (χ0v) is 12.4. The van der Waals surface area contributed by atoms with E-state index in [1.807, 2.05) is 18.2 Å². The van der Waals surface area contributed by atoms with Gasteiger partial charge in [0.05, 0.1) is 6.04 Å². The molecule has 0 bridgehead atoms. The van der Waals surface area contributed by atoms with Gasteiger partial charge >= 0.3 is 0 Å². The van der Waals surface area contributed by atoms with Gasteiger partial charge in [-0.3, -0.25) is 9.69 Å². The monoisotopic (exact) mass is 288 g/mol. The van der Waals surface area contributed by atoms with Gasteiger partial charge in [0, 0.05) is 18.3 Å². The molecular weight excluding hydrogens is 264 g/mol. The molecule has 1 fully saturated rings. The summed E-state index contributed by atoms with van der Waals surface area (Å²) in [6.07, 6.45) is 5.97. The molecule has 2 aliphatic heterocycles. The molecule has 0 spiro atoms. The van der Waals surface area contributed by atoms with Crippen molar-refractivity contribution in [2.24, 2.45) is 0 Å². The summed E-state index contributed by atoms with van der Waals surface area (Å²) in [6.45, 7) is 1.25. The zero-order chi connectivity index (χ0) is 14.7. The smallest absolute Gasteiger partial charge is 0.241 e. The van der Waals surface area contributed by atoms with Crippen LogP contribution in [0.2, 0.25) is 0 Å². The normalized spacial score (nSPS) is 26.2. The molecule has 2 aliphatic rings. The molecule has 1 aromatic rings. The van der Waals surface area contributed by atoms with Crippen molar-refractivity contribution in [3.63, 3.8) is 0 Å². The third-order valence-corrected chi connectivity index (χ3v) is 4.78. The van der Waals surface area contributed by atoms with E-state index in [4.69, 9.17) is 5.11 Å². The Bertz CT molecular complexity index is 503. The van der Waals surface area contributed by atoms with Crippen LogP contribution in [0, 0.1) is 0 Å². The lowest BCUT2D eigenvalue weighted by Crippen LogP contribution is -2.46. The fourth-order valence-electron chi connectivity index (χ4n) is 3.72. The molecule has 0 aliphatic carbocycles. The molecule has 0 radical (unpaired) electrons. The average Bonchev–Trinajstić information content (AvgIpc) is 2.88. The molecule has 1 amide bonds. The standard InChI is InChI=1S/C17H24N2O2/c20-12-4-7-14-6-3-11-19(14)16-10-9-13-5-1-2-8-15(13)18-17(16)21/h1-2,5,8,14,16,20H,3-4,6-7,9-12H2,(H,18,21). The summed E-state index contributed by atoms with van der Waals surface area (Å²) in [6, 6.07) is 8.52. The molecule has 21 heavy (non-hydrogen) atoms. The number of carbonyl (C=O) groups is 1. The van der Waals surface area contributed by atoms with Crippen LogP contribution < -0.4 is 5.32 Å². The van der Waals surface area contributed by atoms with Crippen molar-refractivity contribution >= 4 is 11.6 Å². The largest absolute Gasteiger partial charge is 0.396 e. The molecule has 114 valence electrons. The van der Waals surface area contributed by atoms with Gasteiger partial charge in [-0.25, -0.2) is 0 Å². The van der Waals surface area contributed by atoms with Crippen LogP contribution in [-0.4, -0.2) is 41.1 Å². The summed E-state index contributed by atoms with van der Waals surface area (Å²) in [5, 5.41) is 12.1. The number of aryl methyl sites for hydroxylation is 1. The summed E-state index contributed by atoms with van der Waals surface area (Å²) in [4.78, 5) is 15.0. The van der Waals surface area contributed by atoms with E-state index in [0.717, 1.165) is 50.8 Å². The van der Waals surface area contributed by atoms with Crippen molar-refractivity contribution < 1.29 is 9.90 Å². The van der Waals surface area contributed by atoms with Gasteiger partial charge in [-0.1, -0.05) is 18.2 Å². The lowest BCUT2D eigenvalue weighted by molar-refractivity contribution is -0.121. The van der Waals surface area contributed by atoms with Crippen molar-refractivity contribution in [2.45, 2.75) is 50.6 Å². The fraction of sp³-hybridized carbons (Fsp3) is 0.588. The number of fused-ring (bicyclic) bond motifs is 1. The number of hydrogen-bond donors (Lipinski definition) is 2. The highest BCUT2D eigenvalue weighted by atomic mass is 16.3. The number of benzene rings is 1. The van der Waals surface area contributed by atoms with Crippen LogP contribution in [0.4, 0.5) is 5.69 Å². The topological polar surface area (TPSA) is 52.6 Å². The Hall–Kier alpha value is -1.39. The number of nitrogens with zero attached hydrogens (tertiary/aromatic N) is 1. The maximum Gasteiger partial charge on any atom is 0.241 e. The second-order valence-corrected chi connectivity index (χ2v) is 6.10. The van der Waals surface area contributed by atoms with Crippen LogP contribution in [-0.2, 0) is 11.2 Å². The zero-order valence-electron chi connectivity index (χ0n) is 12.4. The van der Waals surface area contributed by atoms with E-state index in [9.17, 15) is 4.79 Å². The van der Waals surface area contributed by atoms with Crippen LogP contribution in [0.25, 0.3) is 0 Å². The quantitative estimate of drug-likeness (QED) is 0.893. The highest BCUT2D eigenvalue weighted by Crippen LogP contribution is 2.29. The Morgan fingerprint density at radius 1 is 1.29 bits per heavy atom. The second kappa shape index (κ2) is 6.58. The van der Waals surface area contributed by atoms with E-state index in [-0.39, 0.29) is 18.6 Å². The molecule has 2 N–H and O–H groups in total. The van der Waals surface area contributed by atoms with Crippen molar-refractivity contribution in [1.82, 2.24) is 4.90 Å². The number of hydrogen-bond acceptors (Lipinski definition) is 3. The van der Waals surface area contributed by atoms with E-state index in [2.05, 4.69) is 16.3 Å². The Kier molecular flexibility index (Phi) is 4.56. The average molecular weight is 288 g/mol. The van der Waals surface area contributed by atoms with Crippen LogP contribution >= 0.6 is 0 Å². The lowest BCUT2D eigenvalue weighted by atomic mass is 10.0. The predicted octanol–water partition coefficient (Wildman–Crippen LogP) is 2.18. The number of anilines is 1. The molecular formula is C17H24N2O2. The van der Waals surface area contributed by atoms with Gasteiger partial charge in [0.25, 0.3) is 0 Å². The number of likely N-dealkylation sites (tertiary alicyclic amines) is 1. The number of aliphatic hydroxyl groups excluding tert-OH is 1. The van der Waals surface area contributed by atoms with Crippen LogP contribution in [0.3, 0.4) is 0 Å². The summed E-state index contributed by atoms with van der Waals surface area (Å²) in [5.41, 5.74) is 2.20. The minimum atomic E-state index is -0.0245. The predicted molar refractivity (Wildman–Crippen MR) is 83.2 cm³/mol. The van der Waals surface area contributed by atoms with Crippen molar-refractivity contribution in [1.29, 1.82) is 0 Å². The number of carbonyl (C=O) groups excluding carboxylic acids is 1. The first-order valence-electron chi connectivity index (χ1n) is 8.05. The molecule has 4 nitrogen and oxygen atoms in total. The maximum atomic E-state index is 12.6. The van der Waals surface area contributed by atoms with Crippen molar-refractivity contribution in [3.8, 4) is 0 Å². The highest BCUT2D eigenvalue weighted by molar-refractivity contribution is 5.96. The fourth-order valence-corrected chi connectivity index (χ4v) is 3.72. The Balaban J connectivity index is 1.73. The molecule has 2 heterocycles. The molecule has 0 aromatic heterocycles. The van der Waals surface area contributed by atoms with Crippen LogP contribution in [0.15, 0.2) is 24.3 Å². The molecule has 0 saturated carbocycles. The number of rotatable bonds is 4. The van der Waals surface area contributed by atoms with Crippen molar-refractivity contribution in [2.75, 3.05) is 18.5 Å². The summed E-state index contributed by atoms with van der Waals surface area (Å²) >= 11 is 0. The van der Waals surface area contributed by atoms with Gasteiger partial charge in [0.2, 0.25) is 5.91 Å². The van der Waals surface area contributed by atoms with E-state index in [0.29, 0.717) is 6.04 Å². The minimum absolute atomic E-state index is 0.0245. The van der Waals surface area contributed by atoms with E-state index < -0.39 is 0 Å². The van der Waals surface area contributed by atoms with Gasteiger partial charge < -0.3 is 10.4 Å². The van der Waals surface area contributed by atoms with Gasteiger partial charge in [0.15, 0.2) is 0 Å². The van der Waals surface area contributed by atoms with Crippen LogP contribution in [0.5, 0.6) is 0 Å². The summed E-state index contributed by atoms with van der Waals surface area (Å²) in [7, 11) is 0. The molecule has 3 rings (SSSR count). The first-order chi connectivity index (χ1) is 10.3. The number of aliphatic hydroxyl groups is 1. The number of nitrogens with one attached hydrogen (secondary N) is 1. The number of amides is 1. The number of para-hydroxylation sites is 1. The molecule has 1 aromatic carbocycles. The van der Waals surface area contributed by atoms with Gasteiger partial charge in [0.1, 0.15) is 0 Å². The Morgan fingerprint density at radius 3 is 3.00 bits per heavy atom. The first-order valence-corrected chi connectivity index (χ1v) is 8.05. The minimum Gasteiger partial charge on any atom is -0.396 e. The Morgan fingerprint density at radius 2 is 2.14 bits per heavy atom. The maximum absolute atomic E-state index is 12.6. The third-order valence-electron chi connectivity index (χ3n) is 4.78. The van der Waals surface area contributed by atoms with E-state index in [1.54, 1.807) is 0 Å². The van der Waals surface area contributed by atoms with Crippen molar-refractivity contribution in [3.05, 3.63) is 29.8 Å². The summed E-state index contributed by atoms with van der Waals surface area (Å²) in [5.74, 6) is 0.135. The SMILES string of the molecule is O=C1Nc2ccccc2CCC1N1CCCC1CCCO. The molecule has 2 atom stereocenters. The summed E-state index contributed by atoms with van der Waals surface area (Å²) < 4.78 is 0. The molecule has 4 heteroatoms. The van der Waals surface area contributed by atoms with Crippen LogP contribution in [0.1, 0.15) is 37.7 Å². The molecule has 1 saturated heterocycles. The second-order valence-electron chi connectivity index (χ2n) is 6.10. The van der Waals surface area contributed by atoms with E-state index >= 15 is 0 Å². The Labute approximate surface area is 126 Å². The highest BCUT2D eigenvalue weighted by Gasteiger charge is 2.35. The van der Waals surface area contributed by atoms with E-state index in [1.165, 1.54) is 5.56 Å². The lowest BCUT2D eigenvalue weighted by Gasteiger charge is -2.31. The van der Waals surface area contributed by atoms with Gasteiger partial charge in [-0.2, -0.15) is 0 Å². The van der Waals surface area contributed by atoms with Gasteiger partial charge in [-0.05, 0) is 56.7 Å². The van der Waals surface area contributed by atoms with Gasteiger partial charge in [-0.15, -0.1) is 0 Å². The first kappa shape index (κ1) is 14.5. The molecule has 2 unspecified atom stereocenters. The third kappa shape index (κ3) is 3.11.